The van der Waals surface area contributed by atoms with Crippen molar-refractivity contribution in [1.29, 1.82) is 0 Å². The average Bonchev–Trinajstić information content (AvgIpc) is 2.29. The summed E-state index contributed by atoms with van der Waals surface area (Å²) in [6.07, 6.45) is 1.83. The van der Waals surface area contributed by atoms with E-state index in [9.17, 15) is 4.79 Å². The molecule has 1 heterocycles. The summed E-state index contributed by atoms with van der Waals surface area (Å²) < 4.78 is 1.75. The Morgan fingerprint density at radius 3 is 2.44 bits per heavy atom. The van der Waals surface area contributed by atoms with E-state index in [-0.39, 0.29) is 11.6 Å². The van der Waals surface area contributed by atoms with Crippen LogP contribution >= 0.6 is 0 Å². The van der Waals surface area contributed by atoms with Crippen molar-refractivity contribution in [2.24, 2.45) is 0 Å². The minimum atomic E-state index is 0.0400. The Balaban J connectivity index is 2.48. The zero-order chi connectivity index (χ0) is 11.5. The summed E-state index contributed by atoms with van der Waals surface area (Å²) in [4.78, 5) is 11.7. The zero-order valence-corrected chi connectivity index (χ0v) is 9.55. The molecular weight excluding hydrogens is 198 g/mol. The Hall–Kier alpha value is -1.83. The van der Waals surface area contributed by atoms with Gasteiger partial charge in [0.15, 0.2) is 0 Å². The second kappa shape index (κ2) is 4.35. The third-order valence-electron chi connectivity index (χ3n) is 2.91. The van der Waals surface area contributed by atoms with Crippen molar-refractivity contribution in [3.63, 3.8) is 0 Å². The molecule has 2 aromatic rings. The lowest BCUT2D eigenvalue weighted by Crippen LogP contribution is -2.22. The van der Waals surface area contributed by atoms with E-state index in [0.717, 1.165) is 0 Å². The van der Waals surface area contributed by atoms with Crippen molar-refractivity contribution >= 4 is 0 Å². The van der Waals surface area contributed by atoms with Gasteiger partial charge >= 0.3 is 0 Å². The number of aromatic nitrogens is 1. The highest BCUT2D eigenvalue weighted by Crippen LogP contribution is 2.19. The number of benzene rings is 1. The largest absolute Gasteiger partial charge is 0.308 e. The summed E-state index contributed by atoms with van der Waals surface area (Å²) >= 11 is 0. The van der Waals surface area contributed by atoms with Gasteiger partial charge in [0.2, 0.25) is 0 Å². The molecule has 0 fully saturated rings. The smallest absolute Gasteiger partial charge is 0.251 e. The maximum absolute atomic E-state index is 11.7. The Morgan fingerprint density at radius 2 is 1.75 bits per heavy atom. The highest BCUT2D eigenvalue weighted by molar-refractivity contribution is 5.29. The minimum Gasteiger partial charge on any atom is -0.308 e. The lowest BCUT2D eigenvalue weighted by Gasteiger charge is -2.17. The van der Waals surface area contributed by atoms with Crippen LogP contribution in [-0.2, 0) is 0 Å². The Kier molecular flexibility index (Phi) is 2.91. The quantitative estimate of drug-likeness (QED) is 0.751. The van der Waals surface area contributed by atoms with Crippen LogP contribution in [0.4, 0.5) is 0 Å². The van der Waals surface area contributed by atoms with Gasteiger partial charge in [-0.05, 0) is 31.0 Å². The lowest BCUT2D eigenvalue weighted by atomic mass is 10.0. The fourth-order valence-electron chi connectivity index (χ4n) is 1.97. The maximum atomic E-state index is 11.7. The van der Waals surface area contributed by atoms with Gasteiger partial charge in [0.25, 0.3) is 5.56 Å². The number of rotatable bonds is 2. The first-order valence-electron chi connectivity index (χ1n) is 5.43. The number of nitrogens with zero attached hydrogens (tertiary/aromatic N) is 1. The first-order chi connectivity index (χ1) is 7.70. The van der Waals surface area contributed by atoms with E-state index in [4.69, 9.17) is 0 Å². The molecule has 2 heteroatoms. The van der Waals surface area contributed by atoms with Gasteiger partial charge in [-0.1, -0.05) is 30.3 Å². The fraction of sp³-hybridized carbons (Fsp3) is 0.214. The molecule has 0 aliphatic heterocycles. The molecule has 82 valence electrons. The van der Waals surface area contributed by atoms with Gasteiger partial charge in [0, 0.05) is 12.3 Å². The highest BCUT2D eigenvalue weighted by atomic mass is 16.1. The molecule has 0 bridgehead atoms. The van der Waals surface area contributed by atoms with Gasteiger partial charge in [-0.15, -0.1) is 0 Å². The summed E-state index contributed by atoms with van der Waals surface area (Å²) in [5.74, 6) is 0. The molecule has 2 nitrogen and oxygen atoms in total. The van der Waals surface area contributed by atoms with E-state index >= 15 is 0 Å². The van der Waals surface area contributed by atoms with Crippen molar-refractivity contribution in [3.8, 4) is 0 Å². The normalized spacial score (nSPS) is 12.4. The summed E-state index contributed by atoms with van der Waals surface area (Å²) in [6.45, 7) is 4.11. The van der Waals surface area contributed by atoms with Crippen LogP contribution in [0.1, 0.15) is 24.1 Å². The molecule has 2 rings (SSSR count). The maximum Gasteiger partial charge on any atom is 0.251 e. The van der Waals surface area contributed by atoms with Crippen molar-refractivity contribution in [2.45, 2.75) is 19.9 Å². The summed E-state index contributed by atoms with van der Waals surface area (Å²) in [7, 11) is 0. The molecule has 0 amide bonds. The van der Waals surface area contributed by atoms with E-state index in [1.165, 1.54) is 11.1 Å². The molecule has 0 saturated heterocycles. The van der Waals surface area contributed by atoms with Gasteiger partial charge in [-0.25, -0.2) is 0 Å². The molecule has 0 radical (unpaired) electrons. The highest BCUT2D eigenvalue weighted by Gasteiger charge is 2.09. The van der Waals surface area contributed by atoms with E-state index in [1.807, 2.05) is 31.3 Å². The first kappa shape index (κ1) is 10.7. The third-order valence-corrected chi connectivity index (χ3v) is 2.91. The molecule has 0 saturated carbocycles. The van der Waals surface area contributed by atoms with Crippen LogP contribution in [-0.4, -0.2) is 4.57 Å². The Bertz CT molecular complexity index is 542. The van der Waals surface area contributed by atoms with Gasteiger partial charge in [-0.3, -0.25) is 4.79 Å². The minimum absolute atomic E-state index is 0.0400. The van der Waals surface area contributed by atoms with Crippen LogP contribution in [0.15, 0.2) is 53.5 Å². The molecule has 0 aliphatic carbocycles. The molecule has 0 spiro atoms. The predicted octanol–water partition coefficient (Wildman–Crippen LogP) is 2.77. The SMILES string of the molecule is Cc1ccccc1C(C)n1ccccc1=O. The number of hydrogen-bond donors (Lipinski definition) is 0. The van der Waals surface area contributed by atoms with E-state index < -0.39 is 0 Å². The monoisotopic (exact) mass is 213 g/mol. The predicted molar refractivity (Wildman–Crippen MR) is 65.7 cm³/mol. The topological polar surface area (TPSA) is 22.0 Å². The number of aryl methyl sites for hydroxylation is 1. The zero-order valence-electron chi connectivity index (χ0n) is 9.55. The van der Waals surface area contributed by atoms with E-state index in [1.54, 1.807) is 16.7 Å². The fourth-order valence-corrected chi connectivity index (χ4v) is 1.97. The van der Waals surface area contributed by atoms with Crippen LogP contribution in [0.2, 0.25) is 0 Å². The first-order valence-corrected chi connectivity index (χ1v) is 5.43. The molecule has 0 aliphatic rings. The second-order valence-electron chi connectivity index (χ2n) is 3.98. The Morgan fingerprint density at radius 1 is 1.06 bits per heavy atom. The van der Waals surface area contributed by atoms with E-state index in [2.05, 4.69) is 19.1 Å². The molecule has 16 heavy (non-hydrogen) atoms. The van der Waals surface area contributed by atoms with Crippen LogP contribution in [0.3, 0.4) is 0 Å². The van der Waals surface area contributed by atoms with Gasteiger partial charge in [-0.2, -0.15) is 0 Å². The summed E-state index contributed by atoms with van der Waals surface area (Å²) in [6, 6.07) is 13.5. The van der Waals surface area contributed by atoms with Crippen molar-refractivity contribution in [1.82, 2.24) is 4.57 Å². The molecule has 1 unspecified atom stereocenters. The van der Waals surface area contributed by atoms with Crippen LogP contribution in [0.25, 0.3) is 0 Å². The average molecular weight is 213 g/mol. The van der Waals surface area contributed by atoms with Crippen LogP contribution in [0, 0.1) is 6.92 Å². The van der Waals surface area contributed by atoms with Gasteiger partial charge in [0.1, 0.15) is 0 Å². The summed E-state index contributed by atoms with van der Waals surface area (Å²) in [5.41, 5.74) is 2.44. The second-order valence-corrected chi connectivity index (χ2v) is 3.98. The van der Waals surface area contributed by atoms with Crippen LogP contribution in [0.5, 0.6) is 0 Å². The molecule has 1 aromatic heterocycles. The van der Waals surface area contributed by atoms with E-state index in [0.29, 0.717) is 0 Å². The molecule has 1 aromatic carbocycles. The molecular formula is C14H15NO. The van der Waals surface area contributed by atoms with Crippen molar-refractivity contribution < 1.29 is 0 Å². The van der Waals surface area contributed by atoms with Crippen LogP contribution < -0.4 is 5.56 Å². The standard InChI is InChI=1S/C14H15NO/c1-11-7-3-4-8-13(11)12(2)15-10-6-5-9-14(15)16/h3-10,12H,1-2H3. The molecule has 0 N–H and O–H groups in total. The molecule has 1 atom stereocenters. The van der Waals surface area contributed by atoms with Crippen molar-refractivity contribution in [2.75, 3.05) is 0 Å². The number of pyridine rings is 1. The Labute approximate surface area is 95.2 Å². The van der Waals surface area contributed by atoms with Gasteiger partial charge in [0.05, 0.1) is 6.04 Å². The lowest BCUT2D eigenvalue weighted by molar-refractivity contribution is 0.611. The van der Waals surface area contributed by atoms with Gasteiger partial charge < -0.3 is 4.57 Å². The van der Waals surface area contributed by atoms with Crippen molar-refractivity contribution in [3.05, 3.63) is 70.1 Å². The number of hydrogen-bond acceptors (Lipinski definition) is 1. The summed E-state index contributed by atoms with van der Waals surface area (Å²) in [5, 5.41) is 0. The third kappa shape index (κ3) is 1.91.